The standard InChI is InChI=1S/C30H31F4NO6/c1-18(35-28(38)41-29(2,3)4)23-9-7-10-24(27(23)31)21-12-19(13-22(14-21)40-17-30(32,33)34)16-39-25-11-6-5-8-20(25)15-26(36)37/h5-14,18H,15-17H2,1-4H3,(H,35,38)(H,36,37). The number of ether oxygens (including phenoxy) is 3. The van der Waals surface area contributed by atoms with E-state index in [1.165, 1.54) is 30.3 Å². The maximum Gasteiger partial charge on any atom is 0.422 e. The van der Waals surface area contributed by atoms with Crippen molar-refractivity contribution >= 4 is 12.1 Å². The van der Waals surface area contributed by atoms with E-state index in [4.69, 9.17) is 19.3 Å². The smallest absolute Gasteiger partial charge is 0.422 e. The highest BCUT2D eigenvalue weighted by molar-refractivity contribution is 5.71. The molecule has 7 nitrogen and oxygen atoms in total. The van der Waals surface area contributed by atoms with Crippen LogP contribution in [0.5, 0.6) is 11.5 Å². The van der Waals surface area contributed by atoms with Crippen molar-refractivity contribution in [2.45, 2.75) is 58.5 Å². The molecule has 0 radical (unpaired) electrons. The summed E-state index contributed by atoms with van der Waals surface area (Å²) < 4.78 is 70.4. The Balaban J connectivity index is 1.94. The van der Waals surface area contributed by atoms with Crippen LogP contribution in [0, 0.1) is 5.82 Å². The van der Waals surface area contributed by atoms with Crippen LogP contribution in [0.2, 0.25) is 0 Å². The number of halogens is 4. The number of carbonyl (C=O) groups excluding carboxylic acids is 1. The second-order valence-electron chi connectivity index (χ2n) is 10.3. The van der Waals surface area contributed by atoms with Gasteiger partial charge in [-0.2, -0.15) is 13.2 Å². The van der Waals surface area contributed by atoms with Crippen molar-refractivity contribution in [3.05, 3.63) is 83.2 Å². The first-order valence-electron chi connectivity index (χ1n) is 12.7. The molecule has 3 aromatic carbocycles. The molecule has 0 aliphatic heterocycles. The number of carboxylic acid groups (broad SMARTS) is 1. The van der Waals surface area contributed by atoms with Crippen LogP contribution >= 0.6 is 0 Å². The van der Waals surface area contributed by atoms with Crippen molar-refractivity contribution in [2.24, 2.45) is 0 Å². The Kier molecular flexibility index (Phi) is 9.85. The number of para-hydroxylation sites is 1. The van der Waals surface area contributed by atoms with Gasteiger partial charge in [-0.15, -0.1) is 0 Å². The van der Waals surface area contributed by atoms with Gasteiger partial charge in [0.1, 0.15) is 29.5 Å². The molecule has 0 bridgehead atoms. The summed E-state index contributed by atoms with van der Waals surface area (Å²) in [5.41, 5.74) is 0.421. The van der Waals surface area contributed by atoms with E-state index < -0.39 is 42.3 Å². The van der Waals surface area contributed by atoms with Gasteiger partial charge in [0, 0.05) is 16.7 Å². The highest BCUT2D eigenvalue weighted by atomic mass is 19.4. The number of alkyl carbamates (subject to hydrolysis) is 1. The molecule has 0 saturated heterocycles. The number of hydrogen-bond donors (Lipinski definition) is 2. The average Bonchev–Trinajstić information content (AvgIpc) is 2.85. The van der Waals surface area contributed by atoms with Gasteiger partial charge < -0.3 is 24.6 Å². The number of nitrogens with one attached hydrogen (secondary N) is 1. The molecular weight excluding hydrogens is 546 g/mol. The average molecular weight is 578 g/mol. The summed E-state index contributed by atoms with van der Waals surface area (Å²) in [4.78, 5) is 23.4. The summed E-state index contributed by atoms with van der Waals surface area (Å²) in [6, 6.07) is 14.3. The fourth-order valence-corrected chi connectivity index (χ4v) is 3.93. The predicted molar refractivity (Wildman–Crippen MR) is 143 cm³/mol. The third-order valence-corrected chi connectivity index (χ3v) is 5.62. The molecule has 0 fully saturated rings. The number of hydrogen-bond acceptors (Lipinski definition) is 5. The van der Waals surface area contributed by atoms with Gasteiger partial charge in [0.15, 0.2) is 6.61 Å². The Morgan fingerprint density at radius 1 is 0.976 bits per heavy atom. The molecule has 0 spiro atoms. The molecular formula is C30H31F4NO6. The van der Waals surface area contributed by atoms with E-state index in [2.05, 4.69) is 5.32 Å². The first-order valence-corrected chi connectivity index (χ1v) is 12.7. The summed E-state index contributed by atoms with van der Waals surface area (Å²) in [6.07, 6.45) is -5.62. The number of amides is 1. The minimum atomic E-state index is -4.60. The largest absolute Gasteiger partial charge is 0.489 e. The summed E-state index contributed by atoms with van der Waals surface area (Å²) in [5, 5.41) is 11.7. The molecule has 0 aliphatic carbocycles. The predicted octanol–water partition coefficient (Wildman–Crippen LogP) is 7.23. The highest BCUT2D eigenvalue weighted by Crippen LogP contribution is 2.33. The van der Waals surface area contributed by atoms with Gasteiger partial charge in [0.2, 0.25) is 0 Å². The Morgan fingerprint density at radius 2 is 1.68 bits per heavy atom. The van der Waals surface area contributed by atoms with Crippen molar-refractivity contribution in [3.63, 3.8) is 0 Å². The van der Waals surface area contributed by atoms with E-state index in [9.17, 15) is 22.8 Å². The molecule has 0 saturated carbocycles. The molecule has 41 heavy (non-hydrogen) atoms. The third kappa shape index (κ3) is 9.70. The maximum atomic E-state index is 15.8. The van der Waals surface area contributed by atoms with Gasteiger partial charge >= 0.3 is 18.2 Å². The highest BCUT2D eigenvalue weighted by Gasteiger charge is 2.29. The Morgan fingerprint density at radius 3 is 2.34 bits per heavy atom. The van der Waals surface area contributed by atoms with E-state index in [1.807, 2.05) is 0 Å². The van der Waals surface area contributed by atoms with Gasteiger partial charge in [-0.05, 0) is 63.1 Å². The van der Waals surface area contributed by atoms with Crippen LogP contribution in [0.3, 0.4) is 0 Å². The Labute approximate surface area is 235 Å². The number of alkyl halides is 3. The minimum absolute atomic E-state index is 0.0605. The van der Waals surface area contributed by atoms with Gasteiger partial charge in [-0.1, -0.05) is 36.4 Å². The number of aliphatic carboxylic acids is 1. The maximum absolute atomic E-state index is 15.8. The molecule has 3 aromatic rings. The molecule has 11 heteroatoms. The molecule has 1 unspecified atom stereocenters. The van der Waals surface area contributed by atoms with E-state index in [1.54, 1.807) is 58.0 Å². The van der Waals surface area contributed by atoms with Gasteiger partial charge in [-0.25, -0.2) is 9.18 Å². The van der Waals surface area contributed by atoms with E-state index in [0.717, 1.165) is 0 Å². The van der Waals surface area contributed by atoms with Crippen molar-refractivity contribution in [3.8, 4) is 22.6 Å². The van der Waals surface area contributed by atoms with Crippen molar-refractivity contribution < 1.29 is 46.5 Å². The molecule has 3 rings (SSSR count). The normalized spacial score (nSPS) is 12.4. The topological polar surface area (TPSA) is 94.1 Å². The van der Waals surface area contributed by atoms with Crippen LogP contribution in [0.25, 0.3) is 11.1 Å². The van der Waals surface area contributed by atoms with Crippen molar-refractivity contribution in [1.82, 2.24) is 5.32 Å². The summed E-state index contributed by atoms with van der Waals surface area (Å²) in [5.74, 6) is -1.63. The molecule has 1 amide bonds. The SMILES string of the molecule is CC(NC(=O)OC(C)(C)C)c1cccc(-c2cc(COc3ccccc3CC(=O)O)cc(OCC(F)(F)F)c2)c1F. The lowest BCUT2D eigenvalue weighted by atomic mass is 9.97. The lowest BCUT2D eigenvalue weighted by Gasteiger charge is -2.22. The number of rotatable bonds is 10. The molecule has 0 aromatic heterocycles. The zero-order chi connectivity index (χ0) is 30.4. The van der Waals surface area contributed by atoms with E-state index in [0.29, 0.717) is 11.1 Å². The second-order valence-corrected chi connectivity index (χ2v) is 10.3. The lowest BCUT2D eigenvalue weighted by molar-refractivity contribution is -0.153. The number of carbonyl (C=O) groups is 2. The fraction of sp³-hybridized carbons (Fsp3) is 0.333. The third-order valence-electron chi connectivity index (χ3n) is 5.62. The summed E-state index contributed by atoms with van der Waals surface area (Å²) in [7, 11) is 0. The molecule has 220 valence electrons. The quantitative estimate of drug-likeness (QED) is 0.247. The van der Waals surface area contributed by atoms with E-state index >= 15 is 4.39 Å². The van der Waals surface area contributed by atoms with Crippen LogP contribution in [-0.4, -0.2) is 35.6 Å². The monoisotopic (exact) mass is 577 g/mol. The number of carboxylic acids is 1. The molecule has 1 atom stereocenters. The van der Waals surface area contributed by atoms with Crippen LogP contribution < -0.4 is 14.8 Å². The molecule has 2 N–H and O–H groups in total. The van der Waals surface area contributed by atoms with Crippen LogP contribution in [0.15, 0.2) is 60.7 Å². The van der Waals surface area contributed by atoms with E-state index in [-0.39, 0.29) is 41.2 Å². The Hall–Kier alpha value is -4.28. The van der Waals surface area contributed by atoms with Crippen molar-refractivity contribution in [2.75, 3.05) is 6.61 Å². The lowest BCUT2D eigenvalue weighted by Crippen LogP contribution is -2.34. The van der Waals surface area contributed by atoms with Crippen LogP contribution in [0.4, 0.5) is 22.4 Å². The zero-order valence-corrected chi connectivity index (χ0v) is 23.0. The first-order chi connectivity index (χ1) is 19.1. The molecule has 0 aliphatic rings. The summed E-state index contributed by atoms with van der Waals surface area (Å²) in [6.45, 7) is 4.93. The Bertz CT molecular complexity index is 1380. The number of benzene rings is 3. The van der Waals surface area contributed by atoms with Gasteiger partial charge in [0.25, 0.3) is 0 Å². The first kappa shape index (κ1) is 31.3. The molecule has 0 heterocycles. The van der Waals surface area contributed by atoms with Crippen LogP contribution in [-0.2, 0) is 22.6 Å². The van der Waals surface area contributed by atoms with Crippen molar-refractivity contribution in [1.29, 1.82) is 0 Å². The minimum Gasteiger partial charge on any atom is -0.489 e. The summed E-state index contributed by atoms with van der Waals surface area (Å²) >= 11 is 0. The second kappa shape index (κ2) is 12.9. The zero-order valence-electron chi connectivity index (χ0n) is 23.0. The van der Waals surface area contributed by atoms with Crippen LogP contribution in [0.1, 0.15) is 50.4 Å². The van der Waals surface area contributed by atoms with Gasteiger partial charge in [0.05, 0.1) is 12.5 Å². The van der Waals surface area contributed by atoms with Gasteiger partial charge in [-0.3, -0.25) is 4.79 Å². The fourth-order valence-electron chi connectivity index (χ4n) is 3.93.